The van der Waals surface area contributed by atoms with E-state index in [0.717, 1.165) is 5.56 Å². The van der Waals surface area contributed by atoms with Gasteiger partial charge in [-0.25, -0.2) is 4.79 Å². The average molecular weight is 455 g/mol. The molecule has 172 valence electrons. The average Bonchev–Trinajstić information content (AvgIpc) is 2.70. The summed E-state index contributed by atoms with van der Waals surface area (Å²) >= 11 is 4.03. The predicted molar refractivity (Wildman–Crippen MR) is 118 cm³/mol. The quantitative estimate of drug-likeness (QED) is 0.207. The number of amides is 3. The molecular formula is C20H30N4O6S. The molecule has 11 heteroatoms. The van der Waals surface area contributed by atoms with Crippen molar-refractivity contribution in [2.45, 2.75) is 44.8 Å². The van der Waals surface area contributed by atoms with Crippen molar-refractivity contribution in [2.24, 2.45) is 11.7 Å². The fraction of sp³-hybridized carbons (Fsp3) is 0.500. The smallest absolute Gasteiger partial charge is 0.326 e. The molecular weight excluding hydrogens is 424 g/mol. The molecule has 3 atom stereocenters. The molecule has 0 aliphatic carbocycles. The number of carboxylic acid groups (broad SMARTS) is 1. The van der Waals surface area contributed by atoms with E-state index in [1.165, 1.54) is 12.1 Å². The molecule has 0 radical (unpaired) electrons. The van der Waals surface area contributed by atoms with Crippen molar-refractivity contribution in [1.82, 2.24) is 16.0 Å². The highest BCUT2D eigenvalue weighted by atomic mass is 32.1. The first-order valence-corrected chi connectivity index (χ1v) is 10.4. The standard InChI is InChI=1S/C20H30N4O6S/c1-11(2)7-15(20(29)30)24-19(28)16(10-31)23-17(26)9-22-18(27)14(21)8-12-3-5-13(25)6-4-12/h3-6,11,14-16,25,31H,7-10,21H2,1-2H3,(H,22,27)(H,23,26)(H,24,28)(H,29,30). The van der Waals surface area contributed by atoms with E-state index < -0.39 is 48.4 Å². The van der Waals surface area contributed by atoms with Crippen LogP contribution in [0.1, 0.15) is 25.8 Å². The Bertz CT molecular complexity index is 771. The van der Waals surface area contributed by atoms with E-state index in [1.54, 1.807) is 12.1 Å². The molecule has 7 N–H and O–H groups in total. The number of rotatable bonds is 12. The van der Waals surface area contributed by atoms with Crippen LogP contribution in [0.2, 0.25) is 0 Å². The van der Waals surface area contributed by atoms with Gasteiger partial charge in [-0.05, 0) is 36.5 Å². The number of carbonyl (C=O) groups excluding carboxylic acids is 3. The molecule has 0 aromatic heterocycles. The van der Waals surface area contributed by atoms with E-state index in [0.29, 0.717) is 0 Å². The van der Waals surface area contributed by atoms with Crippen LogP contribution in [0.25, 0.3) is 0 Å². The van der Waals surface area contributed by atoms with E-state index in [9.17, 15) is 29.4 Å². The van der Waals surface area contributed by atoms with Crippen LogP contribution in [0.15, 0.2) is 24.3 Å². The van der Waals surface area contributed by atoms with Gasteiger partial charge in [0.1, 0.15) is 17.8 Å². The number of thiol groups is 1. The highest BCUT2D eigenvalue weighted by Crippen LogP contribution is 2.11. The van der Waals surface area contributed by atoms with Gasteiger partial charge in [0, 0.05) is 5.75 Å². The summed E-state index contributed by atoms with van der Waals surface area (Å²) in [5.41, 5.74) is 6.58. The molecule has 1 aromatic rings. The van der Waals surface area contributed by atoms with Crippen LogP contribution < -0.4 is 21.7 Å². The number of nitrogens with one attached hydrogen (secondary N) is 3. The van der Waals surface area contributed by atoms with Gasteiger partial charge in [0.15, 0.2) is 0 Å². The zero-order chi connectivity index (χ0) is 23.6. The maximum absolute atomic E-state index is 12.3. The first kappa shape index (κ1) is 26.2. The number of carboxylic acids is 1. The number of aromatic hydroxyl groups is 1. The van der Waals surface area contributed by atoms with Gasteiger partial charge in [-0.2, -0.15) is 12.6 Å². The molecule has 3 amide bonds. The monoisotopic (exact) mass is 454 g/mol. The van der Waals surface area contributed by atoms with Crippen molar-refractivity contribution >= 4 is 36.3 Å². The van der Waals surface area contributed by atoms with Crippen molar-refractivity contribution < 1.29 is 29.4 Å². The molecule has 0 heterocycles. The van der Waals surface area contributed by atoms with Gasteiger partial charge in [-0.3, -0.25) is 14.4 Å². The second-order valence-corrected chi connectivity index (χ2v) is 7.89. The Morgan fingerprint density at radius 3 is 2.16 bits per heavy atom. The van der Waals surface area contributed by atoms with Crippen LogP contribution in [0.5, 0.6) is 5.75 Å². The summed E-state index contributed by atoms with van der Waals surface area (Å²) in [4.78, 5) is 47.8. The van der Waals surface area contributed by atoms with E-state index in [2.05, 4.69) is 28.6 Å². The molecule has 3 unspecified atom stereocenters. The molecule has 0 aliphatic rings. The maximum atomic E-state index is 12.3. The number of aliphatic carboxylic acids is 1. The Morgan fingerprint density at radius 1 is 1.03 bits per heavy atom. The molecule has 1 rings (SSSR count). The Kier molecular flexibility index (Phi) is 10.8. The minimum Gasteiger partial charge on any atom is -0.508 e. The number of hydrogen-bond donors (Lipinski definition) is 7. The first-order chi connectivity index (χ1) is 14.5. The summed E-state index contributed by atoms with van der Waals surface area (Å²) in [7, 11) is 0. The Labute approximate surface area is 186 Å². The molecule has 0 aliphatic heterocycles. The molecule has 10 nitrogen and oxygen atoms in total. The van der Waals surface area contributed by atoms with Gasteiger partial charge >= 0.3 is 5.97 Å². The van der Waals surface area contributed by atoms with E-state index in [4.69, 9.17) is 5.73 Å². The third-order valence-corrected chi connectivity index (χ3v) is 4.67. The zero-order valence-electron chi connectivity index (χ0n) is 17.5. The molecule has 0 fully saturated rings. The number of hydrogen-bond acceptors (Lipinski definition) is 7. The van der Waals surface area contributed by atoms with Crippen molar-refractivity contribution in [2.75, 3.05) is 12.3 Å². The highest BCUT2D eigenvalue weighted by molar-refractivity contribution is 7.80. The van der Waals surface area contributed by atoms with Crippen LogP contribution in [0.3, 0.4) is 0 Å². The summed E-state index contributed by atoms with van der Waals surface area (Å²) in [6, 6.07) is 3.17. The number of benzene rings is 1. The van der Waals surface area contributed by atoms with Crippen molar-refractivity contribution in [1.29, 1.82) is 0 Å². The molecule has 0 spiro atoms. The second kappa shape index (κ2) is 12.8. The Balaban J connectivity index is 2.52. The molecule has 0 saturated carbocycles. The predicted octanol–water partition coefficient (Wildman–Crippen LogP) is -0.592. The van der Waals surface area contributed by atoms with Crippen molar-refractivity contribution in [3.05, 3.63) is 29.8 Å². The van der Waals surface area contributed by atoms with E-state index in [-0.39, 0.29) is 30.3 Å². The second-order valence-electron chi connectivity index (χ2n) is 7.53. The lowest BCUT2D eigenvalue weighted by Crippen LogP contribution is -2.54. The molecule has 31 heavy (non-hydrogen) atoms. The van der Waals surface area contributed by atoms with Gasteiger partial charge in [0.05, 0.1) is 12.6 Å². The summed E-state index contributed by atoms with van der Waals surface area (Å²) < 4.78 is 0. The van der Waals surface area contributed by atoms with Crippen LogP contribution in [-0.2, 0) is 25.6 Å². The summed E-state index contributed by atoms with van der Waals surface area (Å²) in [6.07, 6.45) is 0.450. The number of phenols is 1. The molecule has 1 aromatic carbocycles. The third-order valence-electron chi connectivity index (χ3n) is 4.31. The van der Waals surface area contributed by atoms with Gasteiger partial charge < -0.3 is 31.9 Å². The summed E-state index contributed by atoms with van der Waals surface area (Å²) in [6.45, 7) is 3.25. The summed E-state index contributed by atoms with van der Waals surface area (Å²) in [5.74, 6) is -2.95. The third kappa shape index (κ3) is 9.71. The van der Waals surface area contributed by atoms with Crippen LogP contribution in [-0.4, -0.2) is 64.3 Å². The SMILES string of the molecule is CC(C)CC(NC(=O)C(CS)NC(=O)CNC(=O)C(N)Cc1ccc(O)cc1)C(=O)O. The highest BCUT2D eigenvalue weighted by Gasteiger charge is 2.26. The molecule has 0 bridgehead atoms. The lowest BCUT2D eigenvalue weighted by Gasteiger charge is -2.21. The first-order valence-electron chi connectivity index (χ1n) is 9.78. The number of phenolic OH excluding ortho intramolecular Hbond substituents is 1. The lowest BCUT2D eigenvalue weighted by atomic mass is 10.0. The lowest BCUT2D eigenvalue weighted by molar-refractivity contribution is -0.142. The fourth-order valence-corrected chi connectivity index (χ4v) is 2.94. The Morgan fingerprint density at radius 2 is 1.65 bits per heavy atom. The van der Waals surface area contributed by atoms with E-state index >= 15 is 0 Å². The fourth-order valence-electron chi connectivity index (χ4n) is 2.68. The normalized spacial score (nSPS) is 13.7. The topological polar surface area (TPSA) is 171 Å². The van der Waals surface area contributed by atoms with Gasteiger partial charge in [-0.1, -0.05) is 26.0 Å². The van der Waals surface area contributed by atoms with Crippen molar-refractivity contribution in [3.8, 4) is 5.75 Å². The van der Waals surface area contributed by atoms with Crippen LogP contribution in [0, 0.1) is 5.92 Å². The maximum Gasteiger partial charge on any atom is 0.326 e. The Hall–Kier alpha value is -2.79. The minimum atomic E-state index is -1.17. The number of carbonyl (C=O) groups is 4. The zero-order valence-corrected chi connectivity index (χ0v) is 18.4. The van der Waals surface area contributed by atoms with Gasteiger partial charge in [0.25, 0.3) is 0 Å². The van der Waals surface area contributed by atoms with Gasteiger partial charge in [-0.15, -0.1) is 0 Å². The minimum absolute atomic E-state index is 0.0476. The van der Waals surface area contributed by atoms with Crippen LogP contribution >= 0.6 is 12.6 Å². The van der Waals surface area contributed by atoms with Gasteiger partial charge in [0.2, 0.25) is 17.7 Å². The molecule has 0 saturated heterocycles. The van der Waals surface area contributed by atoms with Crippen LogP contribution in [0.4, 0.5) is 0 Å². The number of nitrogens with two attached hydrogens (primary N) is 1. The largest absolute Gasteiger partial charge is 0.508 e. The summed E-state index contributed by atoms with van der Waals surface area (Å²) in [5, 5.41) is 25.7. The van der Waals surface area contributed by atoms with E-state index in [1.807, 2.05) is 13.8 Å². The van der Waals surface area contributed by atoms with Crippen molar-refractivity contribution in [3.63, 3.8) is 0 Å².